The third kappa shape index (κ3) is 3.39. The van der Waals surface area contributed by atoms with Crippen molar-refractivity contribution >= 4 is 5.91 Å². The van der Waals surface area contributed by atoms with Gasteiger partial charge in [-0.25, -0.2) is 4.39 Å². The molecular weight excluding hydrogens is 205 g/mol. The lowest BCUT2D eigenvalue weighted by molar-refractivity contribution is 0.0944. The van der Waals surface area contributed by atoms with Crippen LogP contribution >= 0.6 is 0 Å². The first-order chi connectivity index (χ1) is 7.67. The highest BCUT2D eigenvalue weighted by molar-refractivity contribution is 5.94. The van der Waals surface area contributed by atoms with Gasteiger partial charge in [0.25, 0.3) is 5.91 Å². The number of halogens is 1. The van der Waals surface area contributed by atoms with Crippen LogP contribution in [0.2, 0.25) is 0 Å². The van der Waals surface area contributed by atoms with E-state index in [0.29, 0.717) is 5.56 Å². The maximum absolute atomic E-state index is 12.6. The number of carbonyl (C=O) groups excluding carboxylic acids is 1. The van der Waals surface area contributed by atoms with Crippen LogP contribution in [0, 0.1) is 18.2 Å². The molecule has 16 heavy (non-hydrogen) atoms. The van der Waals surface area contributed by atoms with Crippen molar-refractivity contribution in [3.63, 3.8) is 0 Å². The fourth-order valence-corrected chi connectivity index (χ4v) is 1.33. The summed E-state index contributed by atoms with van der Waals surface area (Å²) in [6.45, 7) is 1.99. The van der Waals surface area contributed by atoms with Crippen molar-refractivity contribution in [2.75, 3.05) is 0 Å². The summed E-state index contributed by atoms with van der Waals surface area (Å²) in [5, 5.41) is 2.71. The molecule has 84 valence electrons. The van der Waals surface area contributed by atoms with Crippen LogP contribution in [0.25, 0.3) is 0 Å². The molecule has 1 N–H and O–H groups in total. The zero-order valence-electron chi connectivity index (χ0n) is 9.16. The van der Waals surface area contributed by atoms with E-state index in [9.17, 15) is 9.18 Å². The van der Waals surface area contributed by atoms with E-state index in [1.807, 2.05) is 6.92 Å². The number of amides is 1. The summed E-state index contributed by atoms with van der Waals surface area (Å²) >= 11 is 0. The number of benzene rings is 1. The molecule has 1 unspecified atom stereocenters. The van der Waals surface area contributed by atoms with Gasteiger partial charge in [0.1, 0.15) is 5.82 Å². The van der Waals surface area contributed by atoms with Crippen LogP contribution in [0.5, 0.6) is 0 Å². The van der Waals surface area contributed by atoms with Crippen LogP contribution in [0.1, 0.15) is 30.1 Å². The molecule has 3 heteroatoms. The molecule has 0 bridgehead atoms. The second kappa shape index (κ2) is 5.92. The fraction of sp³-hybridized carbons (Fsp3) is 0.308. The number of rotatable bonds is 4. The Morgan fingerprint density at radius 2 is 2.12 bits per heavy atom. The second-order valence-electron chi connectivity index (χ2n) is 3.49. The van der Waals surface area contributed by atoms with Gasteiger partial charge in [-0.3, -0.25) is 4.79 Å². The van der Waals surface area contributed by atoms with Crippen LogP contribution in [0.4, 0.5) is 4.39 Å². The number of terminal acetylenes is 1. The lowest BCUT2D eigenvalue weighted by atomic mass is 10.1. The minimum absolute atomic E-state index is 0.262. The summed E-state index contributed by atoms with van der Waals surface area (Å²) in [5.41, 5.74) is 0.415. The van der Waals surface area contributed by atoms with Gasteiger partial charge in [0, 0.05) is 5.56 Å². The molecule has 0 heterocycles. The van der Waals surface area contributed by atoms with Crippen LogP contribution in [0.3, 0.4) is 0 Å². The summed E-state index contributed by atoms with van der Waals surface area (Å²) in [4.78, 5) is 11.7. The first kappa shape index (κ1) is 12.3. The average Bonchev–Trinajstić information content (AvgIpc) is 2.29. The van der Waals surface area contributed by atoms with E-state index in [1.54, 1.807) is 0 Å². The maximum atomic E-state index is 12.6. The Labute approximate surface area is 94.9 Å². The third-order valence-corrected chi connectivity index (χ3v) is 2.19. The Kier molecular flexibility index (Phi) is 4.53. The summed E-state index contributed by atoms with van der Waals surface area (Å²) in [6, 6.07) is 5.11. The Hall–Kier alpha value is -1.82. The van der Waals surface area contributed by atoms with Crippen LogP contribution in [-0.2, 0) is 0 Å². The quantitative estimate of drug-likeness (QED) is 0.774. The fourth-order valence-electron chi connectivity index (χ4n) is 1.33. The van der Waals surface area contributed by atoms with Gasteiger partial charge in [-0.1, -0.05) is 19.3 Å². The van der Waals surface area contributed by atoms with Crippen molar-refractivity contribution in [3.8, 4) is 12.3 Å². The summed E-state index contributed by atoms with van der Waals surface area (Å²) < 4.78 is 12.6. The molecule has 0 saturated heterocycles. The van der Waals surface area contributed by atoms with Crippen LogP contribution in [-0.4, -0.2) is 11.9 Å². The van der Waals surface area contributed by atoms with Gasteiger partial charge in [0.2, 0.25) is 0 Å². The SMILES string of the molecule is C#CC(CCC)NC(=O)c1ccc(F)cc1. The van der Waals surface area contributed by atoms with Crippen molar-refractivity contribution in [1.82, 2.24) is 5.32 Å². The van der Waals surface area contributed by atoms with Crippen LogP contribution < -0.4 is 5.32 Å². The van der Waals surface area contributed by atoms with E-state index < -0.39 is 0 Å². The molecule has 1 rings (SSSR count). The summed E-state index contributed by atoms with van der Waals surface area (Å²) in [5.74, 6) is 1.88. The minimum atomic E-state index is -0.362. The van der Waals surface area contributed by atoms with Crippen molar-refractivity contribution in [2.24, 2.45) is 0 Å². The molecule has 0 aliphatic heterocycles. The summed E-state index contributed by atoms with van der Waals surface area (Å²) in [6.07, 6.45) is 6.93. The van der Waals surface area contributed by atoms with E-state index in [1.165, 1.54) is 24.3 Å². The molecular formula is C13H14FNO. The minimum Gasteiger partial charge on any atom is -0.338 e. The van der Waals surface area contributed by atoms with Gasteiger partial charge in [0.05, 0.1) is 6.04 Å². The van der Waals surface area contributed by atoms with E-state index in [4.69, 9.17) is 6.42 Å². The average molecular weight is 219 g/mol. The molecule has 1 atom stereocenters. The van der Waals surface area contributed by atoms with Gasteiger partial charge in [-0.15, -0.1) is 6.42 Å². The van der Waals surface area contributed by atoms with Gasteiger partial charge in [-0.05, 0) is 30.7 Å². The molecule has 1 aromatic rings. The Bertz CT molecular complexity index is 391. The molecule has 0 saturated carbocycles. The zero-order chi connectivity index (χ0) is 12.0. The molecule has 1 aromatic carbocycles. The lowest BCUT2D eigenvalue weighted by Crippen LogP contribution is -2.33. The molecule has 1 amide bonds. The highest BCUT2D eigenvalue weighted by Crippen LogP contribution is 2.04. The van der Waals surface area contributed by atoms with Gasteiger partial charge in [0.15, 0.2) is 0 Å². The molecule has 0 fully saturated rings. The van der Waals surface area contributed by atoms with E-state index >= 15 is 0 Å². The molecule has 0 aliphatic carbocycles. The van der Waals surface area contributed by atoms with Crippen molar-refractivity contribution in [1.29, 1.82) is 0 Å². The zero-order valence-corrected chi connectivity index (χ0v) is 9.16. The normalized spacial score (nSPS) is 11.6. The highest BCUT2D eigenvalue weighted by atomic mass is 19.1. The molecule has 2 nitrogen and oxygen atoms in total. The first-order valence-corrected chi connectivity index (χ1v) is 5.20. The van der Waals surface area contributed by atoms with Crippen LogP contribution in [0.15, 0.2) is 24.3 Å². The van der Waals surface area contributed by atoms with E-state index in [-0.39, 0.29) is 17.8 Å². The Balaban J connectivity index is 2.65. The second-order valence-corrected chi connectivity index (χ2v) is 3.49. The monoisotopic (exact) mass is 219 g/mol. The van der Waals surface area contributed by atoms with Gasteiger partial charge < -0.3 is 5.32 Å². The first-order valence-electron chi connectivity index (χ1n) is 5.20. The Morgan fingerprint density at radius 1 is 1.50 bits per heavy atom. The van der Waals surface area contributed by atoms with E-state index in [2.05, 4.69) is 11.2 Å². The van der Waals surface area contributed by atoms with Gasteiger partial charge in [-0.2, -0.15) is 0 Å². The van der Waals surface area contributed by atoms with Crippen molar-refractivity contribution in [3.05, 3.63) is 35.6 Å². The number of hydrogen-bond acceptors (Lipinski definition) is 1. The van der Waals surface area contributed by atoms with Crippen molar-refractivity contribution < 1.29 is 9.18 Å². The topological polar surface area (TPSA) is 29.1 Å². The largest absolute Gasteiger partial charge is 0.338 e. The molecule has 0 spiro atoms. The summed E-state index contributed by atoms with van der Waals surface area (Å²) in [7, 11) is 0. The highest BCUT2D eigenvalue weighted by Gasteiger charge is 2.10. The number of carbonyl (C=O) groups is 1. The predicted molar refractivity (Wildman–Crippen MR) is 61.4 cm³/mol. The molecule has 0 aliphatic rings. The van der Waals surface area contributed by atoms with E-state index in [0.717, 1.165) is 12.8 Å². The van der Waals surface area contributed by atoms with Gasteiger partial charge >= 0.3 is 0 Å². The number of nitrogens with one attached hydrogen (secondary N) is 1. The van der Waals surface area contributed by atoms with Crippen molar-refractivity contribution in [2.45, 2.75) is 25.8 Å². The standard InChI is InChI=1S/C13H14FNO/c1-3-5-12(4-2)15-13(16)10-6-8-11(14)9-7-10/h2,6-9,12H,3,5H2,1H3,(H,15,16). The third-order valence-electron chi connectivity index (χ3n) is 2.19. The maximum Gasteiger partial charge on any atom is 0.252 e. The molecule has 0 radical (unpaired) electrons. The number of hydrogen-bond donors (Lipinski definition) is 1. The molecule has 0 aromatic heterocycles. The smallest absolute Gasteiger partial charge is 0.252 e. The lowest BCUT2D eigenvalue weighted by Gasteiger charge is -2.11. The predicted octanol–water partition coefficient (Wildman–Crippen LogP) is 2.36. The Morgan fingerprint density at radius 3 is 2.62 bits per heavy atom.